The Morgan fingerprint density at radius 2 is 1.95 bits per heavy atom. The van der Waals surface area contributed by atoms with E-state index in [2.05, 4.69) is 54.9 Å². The number of nitrogens with zero attached hydrogens (tertiary/aromatic N) is 2. The van der Waals surface area contributed by atoms with E-state index in [4.69, 9.17) is 5.73 Å². The van der Waals surface area contributed by atoms with Crippen LogP contribution in [0.2, 0.25) is 0 Å². The van der Waals surface area contributed by atoms with Gasteiger partial charge in [0.15, 0.2) is 0 Å². The number of hydrogen-bond donors (Lipinski definition) is 1. The Hall–Kier alpha value is -1.45. The summed E-state index contributed by atoms with van der Waals surface area (Å²) in [6.45, 7) is 10.3. The van der Waals surface area contributed by atoms with Crippen molar-refractivity contribution in [3.8, 4) is 0 Å². The fourth-order valence-electron chi connectivity index (χ4n) is 2.48. The molecule has 0 spiro atoms. The maximum atomic E-state index is 5.86. The van der Waals surface area contributed by atoms with Gasteiger partial charge in [-0.1, -0.05) is 39.0 Å². The Balaban J connectivity index is 2.22. The second-order valence-electron chi connectivity index (χ2n) is 6.16. The molecule has 2 N–H and O–H groups in total. The van der Waals surface area contributed by atoms with Gasteiger partial charge in [0.25, 0.3) is 0 Å². The van der Waals surface area contributed by atoms with E-state index in [1.165, 1.54) is 10.9 Å². The van der Waals surface area contributed by atoms with Crippen molar-refractivity contribution >= 4 is 10.9 Å². The van der Waals surface area contributed by atoms with Gasteiger partial charge in [-0.3, -0.25) is 9.88 Å². The second kappa shape index (κ2) is 6.33. The normalized spacial score (nSPS) is 12.2. The molecular weight excluding hydrogens is 246 g/mol. The Labute approximate surface area is 121 Å². The quantitative estimate of drug-likeness (QED) is 0.878. The zero-order chi connectivity index (χ0) is 14.6. The van der Waals surface area contributed by atoms with Crippen molar-refractivity contribution in [2.75, 3.05) is 19.6 Å². The highest BCUT2D eigenvalue weighted by Gasteiger charge is 2.19. The van der Waals surface area contributed by atoms with Gasteiger partial charge in [0.2, 0.25) is 0 Å². The lowest BCUT2D eigenvalue weighted by atomic mass is 9.93. The molecule has 0 aliphatic carbocycles. The van der Waals surface area contributed by atoms with Crippen molar-refractivity contribution in [3.63, 3.8) is 0 Å². The molecule has 0 unspecified atom stereocenters. The van der Waals surface area contributed by atoms with E-state index in [1.54, 1.807) is 0 Å². The number of para-hydroxylation sites is 1. The molecule has 108 valence electrons. The summed E-state index contributed by atoms with van der Waals surface area (Å²) in [6.07, 6.45) is 1.90. The third-order valence-electron chi connectivity index (χ3n) is 3.78. The number of pyridine rings is 1. The molecule has 0 bridgehead atoms. The predicted octanol–water partition coefficient (Wildman–Crippen LogP) is 3.04. The van der Waals surface area contributed by atoms with E-state index in [0.29, 0.717) is 6.54 Å². The number of aromatic nitrogens is 1. The predicted molar refractivity (Wildman–Crippen MR) is 85.5 cm³/mol. The van der Waals surface area contributed by atoms with Crippen LogP contribution in [0.15, 0.2) is 36.5 Å². The number of rotatable bonds is 6. The molecule has 0 saturated heterocycles. The Morgan fingerprint density at radius 1 is 1.20 bits per heavy atom. The summed E-state index contributed by atoms with van der Waals surface area (Å²) in [7, 11) is 0. The minimum Gasteiger partial charge on any atom is -0.330 e. The molecule has 0 aliphatic rings. The lowest BCUT2D eigenvalue weighted by Gasteiger charge is -2.31. The van der Waals surface area contributed by atoms with Gasteiger partial charge in [-0.25, -0.2) is 0 Å². The second-order valence-corrected chi connectivity index (χ2v) is 6.16. The molecule has 3 heteroatoms. The van der Waals surface area contributed by atoms with Crippen LogP contribution < -0.4 is 5.73 Å². The minimum atomic E-state index is 0.152. The average Bonchev–Trinajstić information content (AvgIpc) is 2.46. The van der Waals surface area contributed by atoms with E-state index >= 15 is 0 Å². The fraction of sp³-hybridized carbons (Fsp3) is 0.471. The smallest absolute Gasteiger partial charge is 0.0705 e. The standard InChI is InChI=1S/C17H25N3/c1-4-20(13-17(2,3)12-18)11-14-9-10-19-16-8-6-5-7-15(14)16/h5-10H,4,11-13,18H2,1-3H3. The molecule has 2 rings (SSSR count). The minimum absolute atomic E-state index is 0.152. The molecule has 1 aromatic carbocycles. The van der Waals surface area contributed by atoms with Crippen LogP contribution in [-0.2, 0) is 6.54 Å². The molecule has 0 amide bonds. The van der Waals surface area contributed by atoms with Crippen LogP contribution in [0, 0.1) is 5.41 Å². The van der Waals surface area contributed by atoms with Crippen LogP contribution in [0.25, 0.3) is 10.9 Å². The maximum Gasteiger partial charge on any atom is 0.0705 e. The van der Waals surface area contributed by atoms with Crippen molar-refractivity contribution in [2.45, 2.75) is 27.3 Å². The first-order chi connectivity index (χ1) is 9.55. The van der Waals surface area contributed by atoms with Gasteiger partial charge < -0.3 is 5.73 Å². The van der Waals surface area contributed by atoms with Gasteiger partial charge in [0, 0.05) is 24.7 Å². The van der Waals surface area contributed by atoms with Gasteiger partial charge in [-0.2, -0.15) is 0 Å². The van der Waals surface area contributed by atoms with Crippen molar-refractivity contribution in [2.24, 2.45) is 11.1 Å². The van der Waals surface area contributed by atoms with E-state index in [0.717, 1.165) is 25.2 Å². The van der Waals surface area contributed by atoms with Crippen LogP contribution in [0.3, 0.4) is 0 Å². The summed E-state index contributed by atoms with van der Waals surface area (Å²) in [5, 5.41) is 1.25. The lowest BCUT2D eigenvalue weighted by Crippen LogP contribution is -2.38. The molecule has 0 saturated carbocycles. The third-order valence-corrected chi connectivity index (χ3v) is 3.78. The van der Waals surface area contributed by atoms with Crippen LogP contribution in [0.5, 0.6) is 0 Å². The first-order valence-corrected chi connectivity index (χ1v) is 7.31. The molecule has 0 aliphatic heterocycles. The summed E-state index contributed by atoms with van der Waals surface area (Å²) in [5.74, 6) is 0. The van der Waals surface area contributed by atoms with Gasteiger partial charge >= 0.3 is 0 Å². The number of fused-ring (bicyclic) bond motifs is 1. The number of hydrogen-bond acceptors (Lipinski definition) is 3. The molecule has 0 atom stereocenters. The first kappa shape index (κ1) is 14.9. The number of benzene rings is 1. The lowest BCUT2D eigenvalue weighted by molar-refractivity contribution is 0.184. The molecule has 3 nitrogen and oxygen atoms in total. The highest BCUT2D eigenvalue weighted by atomic mass is 15.1. The van der Waals surface area contributed by atoms with Crippen LogP contribution in [-0.4, -0.2) is 29.5 Å². The summed E-state index contributed by atoms with van der Waals surface area (Å²) >= 11 is 0. The fourth-order valence-corrected chi connectivity index (χ4v) is 2.48. The van der Waals surface area contributed by atoms with Gasteiger partial charge in [-0.05, 0) is 36.2 Å². The highest BCUT2D eigenvalue weighted by molar-refractivity contribution is 5.81. The summed E-state index contributed by atoms with van der Waals surface area (Å²) in [5.41, 5.74) is 8.42. The Kier molecular flexibility index (Phi) is 4.73. The number of nitrogens with two attached hydrogens (primary N) is 1. The third kappa shape index (κ3) is 3.56. The molecular formula is C17H25N3. The van der Waals surface area contributed by atoms with Crippen molar-refractivity contribution in [3.05, 3.63) is 42.1 Å². The Morgan fingerprint density at radius 3 is 2.65 bits per heavy atom. The highest BCUT2D eigenvalue weighted by Crippen LogP contribution is 2.21. The summed E-state index contributed by atoms with van der Waals surface area (Å²) < 4.78 is 0. The van der Waals surface area contributed by atoms with Crippen molar-refractivity contribution < 1.29 is 0 Å². The maximum absolute atomic E-state index is 5.86. The van der Waals surface area contributed by atoms with Crippen LogP contribution in [0.4, 0.5) is 0 Å². The zero-order valence-electron chi connectivity index (χ0n) is 12.8. The molecule has 1 heterocycles. The van der Waals surface area contributed by atoms with Crippen LogP contribution >= 0.6 is 0 Å². The zero-order valence-corrected chi connectivity index (χ0v) is 12.8. The Bertz CT molecular complexity index is 558. The van der Waals surface area contributed by atoms with Gasteiger partial charge in [0.05, 0.1) is 5.52 Å². The van der Waals surface area contributed by atoms with E-state index < -0.39 is 0 Å². The molecule has 0 fully saturated rings. The van der Waals surface area contributed by atoms with Crippen molar-refractivity contribution in [1.29, 1.82) is 0 Å². The monoisotopic (exact) mass is 271 g/mol. The topological polar surface area (TPSA) is 42.2 Å². The summed E-state index contributed by atoms with van der Waals surface area (Å²) in [4.78, 5) is 6.88. The molecule has 2 aromatic rings. The van der Waals surface area contributed by atoms with Gasteiger partial charge in [-0.15, -0.1) is 0 Å². The average molecular weight is 271 g/mol. The van der Waals surface area contributed by atoms with Crippen molar-refractivity contribution in [1.82, 2.24) is 9.88 Å². The largest absolute Gasteiger partial charge is 0.330 e. The molecule has 1 aromatic heterocycles. The van der Waals surface area contributed by atoms with E-state index in [-0.39, 0.29) is 5.41 Å². The first-order valence-electron chi connectivity index (χ1n) is 7.31. The van der Waals surface area contributed by atoms with E-state index in [9.17, 15) is 0 Å². The van der Waals surface area contributed by atoms with Gasteiger partial charge in [0.1, 0.15) is 0 Å². The SMILES string of the molecule is CCN(Cc1ccnc2ccccc12)CC(C)(C)CN. The molecule has 0 radical (unpaired) electrons. The van der Waals surface area contributed by atoms with E-state index in [1.807, 2.05) is 12.3 Å². The summed E-state index contributed by atoms with van der Waals surface area (Å²) in [6, 6.07) is 10.5. The van der Waals surface area contributed by atoms with Crippen LogP contribution in [0.1, 0.15) is 26.3 Å². The molecule has 20 heavy (non-hydrogen) atoms.